The van der Waals surface area contributed by atoms with Gasteiger partial charge in [0.15, 0.2) is 0 Å². The molecular weight excluding hydrogens is 396 g/mol. The normalized spacial score (nSPS) is 30.6. The first-order valence-corrected chi connectivity index (χ1v) is 11.3. The number of imide groups is 2. The summed E-state index contributed by atoms with van der Waals surface area (Å²) in [6, 6.07) is 4.83. The standard InChI is InChI=1S/C23H28N4O4/c28-19-8-7-17(20(29)26-19)27-21(30)15-6-5-14(12-16(15)22(27)31)25-13-23-9-2-1-4-18(23)24-11-3-10-23/h5-6,12,17-18,24-25H,1-4,7-11,13H2,(H,26,28,29)/t17?,18-,23+/m0/s1. The molecule has 3 aliphatic heterocycles. The molecule has 0 spiro atoms. The lowest BCUT2D eigenvalue weighted by atomic mass is 9.66. The maximum atomic E-state index is 13.0. The quantitative estimate of drug-likeness (QED) is 0.637. The summed E-state index contributed by atoms with van der Waals surface area (Å²) in [5.74, 6) is -1.90. The van der Waals surface area contributed by atoms with Gasteiger partial charge in [-0.25, -0.2) is 0 Å². The predicted octanol–water partition coefficient (Wildman–Crippen LogP) is 1.81. The summed E-state index contributed by atoms with van der Waals surface area (Å²) in [7, 11) is 0. The first-order chi connectivity index (χ1) is 15.0. The summed E-state index contributed by atoms with van der Waals surface area (Å²) in [4.78, 5) is 50.5. The van der Waals surface area contributed by atoms with Crippen molar-refractivity contribution in [3.05, 3.63) is 29.3 Å². The van der Waals surface area contributed by atoms with E-state index in [1.54, 1.807) is 12.1 Å². The molecule has 3 heterocycles. The molecule has 1 unspecified atom stereocenters. The van der Waals surface area contributed by atoms with Crippen LogP contribution in [0.1, 0.15) is 72.1 Å². The Kier molecular flexibility index (Phi) is 5.04. The molecule has 2 saturated heterocycles. The van der Waals surface area contributed by atoms with Gasteiger partial charge in [-0.2, -0.15) is 0 Å². The van der Waals surface area contributed by atoms with E-state index >= 15 is 0 Å². The lowest BCUT2D eigenvalue weighted by molar-refractivity contribution is -0.136. The van der Waals surface area contributed by atoms with Crippen LogP contribution >= 0.6 is 0 Å². The first kappa shape index (κ1) is 20.2. The molecule has 1 aromatic carbocycles. The van der Waals surface area contributed by atoms with Crippen LogP contribution in [0.15, 0.2) is 18.2 Å². The van der Waals surface area contributed by atoms with E-state index in [4.69, 9.17) is 0 Å². The van der Waals surface area contributed by atoms with Crippen LogP contribution in [0.3, 0.4) is 0 Å². The zero-order chi connectivity index (χ0) is 21.6. The summed E-state index contributed by atoms with van der Waals surface area (Å²) in [5, 5.41) is 9.45. The molecule has 0 radical (unpaired) electrons. The molecule has 31 heavy (non-hydrogen) atoms. The molecule has 5 rings (SSSR count). The lowest BCUT2D eigenvalue weighted by Gasteiger charge is -2.48. The van der Waals surface area contributed by atoms with Gasteiger partial charge in [0.1, 0.15) is 6.04 Å². The van der Waals surface area contributed by atoms with Gasteiger partial charge in [-0.05, 0) is 56.8 Å². The van der Waals surface area contributed by atoms with Crippen molar-refractivity contribution in [1.29, 1.82) is 0 Å². The van der Waals surface area contributed by atoms with Crippen molar-refractivity contribution in [2.24, 2.45) is 5.41 Å². The van der Waals surface area contributed by atoms with Crippen LogP contribution in [0, 0.1) is 5.41 Å². The minimum absolute atomic E-state index is 0.119. The highest BCUT2D eigenvalue weighted by atomic mass is 16.2. The van der Waals surface area contributed by atoms with Crippen LogP contribution in [0.25, 0.3) is 0 Å². The van der Waals surface area contributed by atoms with Crippen molar-refractivity contribution < 1.29 is 19.2 Å². The van der Waals surface area contributed by atoms with Gasteiger partial charge in [-0.15, -0.1) is 0 Å². The monoisotopic (exact) mass is 424 g/mol. The molecule has 3 N–H and O–H groups in total. The Morgan fingerprint density at radius 2 is 1.81 bits per heavy atom. The molecule has 8 heteroatoms. The Morgan fingerprint density at radius 1 is 1.00 bits per heavy atom. The van der Waals surface area contributed by atoms with Gasteiger partial charge in [0, 0.05) is 30.1 Å². The number of nitrogens with one attached hydrogen (secondary N) is 3. The molecule has 4 amide bonds. The SMILES string of the molecule is O=C1CCC(N2C(=O)c3ccc(NC[C@]45CCCC[C@@H]4NCCC5)cc3C2=O)C(=O)N1. The predicted molar refractivity (Wildman–Crippen MR) is 114 cm³/mol. The Morgan fingerprint density at radius 3 is 2.65 bits per heavy atom. The minimum Gasteiger partial charge on any atom is -0.384 e. The number of piperidine rings is 2. The topological polar surface area (TPSA) is 108 Å². The summed E-state index contributed by atoms with van der Waals surface area (Å²) >= 11 is 0. The zero-order valence-electron chi connectivity index (χ0n) is 17.5. The third kappa shape index (κ3) is 3.43. The Bertz CT molecular complexity index is 947. The highest BCUT2D eigenvalue weighted by Crippen LogP contribution is 2.42. The third-order valence-corrected chi connectivity index (χ3v) is 7.48. The fourth-order valence-electron chi connectivity index (χ4n) is 5.80. The molecule has 8 nitrogen and oxygen atoms in total. The molecular formula is C23H28N4O4. The number of hydrogen-bond acceptors (Lipinski definition) is 6. The van der Waals surface area contributed by atoms with Crippen molar-refractivity contribution in [3.8, 4) is 0 Å². The second-order valence-electron chi connectivity index (χ2n) is 9.28. The number of nitrogens with zero attached hydrogens (tertiary/aromatic N) is 1. The van der Waals surface area contributed by atoms with E-state index in [9.17, 15) is 19.2 Å². The Hall–Kier alpha value is -2.74. The van der Waals surface area contributed by atoms with Gasteiger partial charge in [-0.1, -0.05) is 12.8 Å². The summed E-state index contributed by atoms with van der Waals surface area (Å²) < 4.78 is 0. The highest BCUT2D eigenvalue weighted by molar-refractivity contribution is 6.23. The van der Waals surface area contributed by atoms with Crippen molar-refractivity contribution in [2.45, 2.75) is 63.5 Å². The van der Waals surface area contributed by atoms with Gasteiger partial charge in [-0.3, -0.25) is 29.4 Å². The average Bonchev–Trinajstić information content (AvgIpc) is 3.02. The number of amides is 4. The van der Waals surface area contributed by atoms with E-state index in [1.807, 2.05) is 6.07 Å². The second-order valence-corrected chi connectivity index (χ2v) is 9.28. The average molecular weight is 425 g/mol. The van der Waals surface area contributed by atoms with E-state index in [0.29, 0.717) is 17.2 Å². The van der Waals surface area contributed by atoms with Gasteiger partial charge < -0.3 is 10.6 Å². The maximum absolute atomic E-state index is 13.0. The van der Waals surface area contributed by atoms with E-state index in [2.05, 4.69) is 16.0 Å². The van der Waals surface area contributed by atoms with Crippen molar-refractivity contribution in [1.82, 2.24) is 15.5 Å². The number of anilines is 1. The molecule has 164 valence electrons. The van der Waals surface area contributed by atoms with Crippen LogP contribution in [0.5, 0.6) is 0 Å². The van der Waals surface area contributed by atoms with E-state index in [1.165, 1.54) is 38.5 Å². The maximum Gasteiger partial charge on any atom is 0.262 e. The summed E-state index contributed by atoms with van der Waals surface area (Å²) in [6.45, 7) is 1.92. The molecule has 1 aliphatic carbocycles. The molecule has 4 aliphatic rings. The number of carbonyl (C=O) groups excluding carboxylic acids is 4. The molecule has 1 saturated carbocycles. The molecule has 0 aromatic heterocycles. The van der Waals surface area contributed by atoms with Crippen LogP contribution in [0.4, 0.5) is 5.69 Å². The Balaban J connectivity index is 1.33. The van der Waals surface area contributed by atoms with Crippen LogP contribution in [-0.2, 0) is 9.59 Å². The van der Waals surface area contributed by atoms with Crippen LogP contribution < -0.4 is 16.0 Å². The van der Waals surface area contributed by atoms with Gasteiger partial charge >= 0.3 is 0 Å². The number of hydrogen-bond donors (Lipinski definition) is 3. The smallest absolute Gasteiger partial charge is 0.262 e. The van der Waals surface area contributed by atoms with Gasteiger partial charge in [0.2, 0.25) is 11.8 Å². The molecule has 3 atom stereocenters. The highest BCUT2D eigenvalue weighted by Gasteiger charge is 2.45. The van der Waals surface area contributed by atoms with E-state index < -0.39 is 23.8 Å². The van der Waals surface area contributed by atoms with Gasteiger partial charge in [0.25, 0.3) is 11.8 Å². The lowest BCUT2D eigenvalue weighted by Crippen LogP contribution is -2.54. The van der Waals surface area contributed by atoms with Crippen molar-refractivity contribution in [3.63, 3.8) is 0 Å². The summed E-state index contributed by atoms with van der Waals surface area (Å²) in [5.41, 5.74) is 1.68. The molecule has 1 aromatic rings. The number of carbonyl (C=O) groups is 4. The number of rotatable bonds is 4. The van der Waals surface area contributed by atoms with E-state index in [0.717, 1.165) is 23.7 Å². The fourth-order valence-corrected chi connectivity index (χ4v) is 5.80. The Labute approximate surface area is 181 Å². The second kappa shape index (κ2) is 7.75. The third-order valence-electron chi connectivity index (χ3n) is 7.48. The molecule has 0 bridgehead atoms. The van der Waals surface area contributed by atoms with Crippen molar-refractivity contribution >= 4 is 29.3 Å². The fraction of sp³-hybridized carbons (Fsp3) is 0.565. The minimum atomic E-state index is -0.934. The number of fused-ring (bicyclic) bond motifs is 2. The first-order valence-electron chi connectivity index (χ1n) is 11.3. The van der Waals surface area contributed by atoms with Crippen molar-refractivity contribution in [2.75, 3.05) is 18.4 Å². The van der Waals surface area contributed by atoms with E-state index in [-0.39, 0.29) is 24.2 Å². The zero-order valence-corrected chi connectivity index (χ0v) is 17.5. The molecule has 3 fully saturated rings. The largest absolute Gasteiger partial charge is 0.384 e. The van der Waals surface area contributed by atoms with Crippen LogP contribution in [-0.4, -0.2) is 53.7 Å². The van der Waals surface area contributed by atoms with Gasteiger partial charge in [0.05, 0.1) is 11.1 Å². The summed E-state index contributed by atoms with van der Waals surface area (Å²) in [6.07, 6.45) is 7.58. The number of benzene rings is 1. The van der Waals surface area contributed by atoms with Crippen LogP contribution in [0.2, 0.25) is 0 Å².